The van der Waals surface area contributed by atoms with Gasteiger partial charge in [-0.1, -0.05) is 116 Å². The Morgan fingerprint density at radius 3 is 2.31 bits per heavy atom. The summed E-state index contributed by atoms with van der Waals surface area (Å²) in [6, 6.07) is 11.9. The molecule has 2 aromatic rings. The molecule has 0 radical (unpaired) electrons. The van der Waals surface area contributed by atoms with Crippen molar-refractivity contribution in [3.8, 4) is 11.1 Å². The number of aryl methyl sites for hydroxylation is 1. The number of carbonyl (C=O) groups excluding carboxylic acids is 4. The summed E-state index contributed by atoms with van der Waals surface area (Å²) >= 11 is 0. The van der Waals surface area contributed by atoms with E-state index in [4.69, 9.17) is 4.74 Å². The molecule has 0 aliphatic heterocycles. The second-order valence-corrected chi connectivity index (χ2v) is 20.8. The highest BCUT2D eigenvalue weighted by molar-refractivity contribution is 6.03. The summed E-state index contributed by atoms with van der Waals surface area (Å²) in [5.41, 5.74) is 4.75. The minimum Gasteiger partial charge on any atom is -0.468 e. The Bertz CT molecular complexity index is 1890. The molecule has 3 fully saturated rings. The third kappa shape index (κ3) is 9.52. The second-order valence-electron chi connectivity index (χ2n) is 20.8. The van der Waals surface area contributed by atoms with Crippen LogP contribution in [0.1, 0.15) is 152 Å². The maximum Gasteiger partial charge on any atom is 0.338 e. The predicted molar refractivity (Wildman–Crippen MR) is 235 cm³/mol. The van der Waals surface area contributed by atoms with Gasteiger partial charge in [-0.25, -0.2) is 4.79 Å². The van der Waals surface area contributed by atoms with Crippen molar-refractivity contribution in [3.63, 3.8) is 0 Å². The van der Waals surface area contributed by atoms with E-state index in [1.54, 1.807) is 18.2 Å². The van der Waals surface area contributed by atoms with E-state index in [1.165, 1.54) is 64.0 Å². The molecule has 4 aliphatic rings. The van der Waals surface area contributed by atoms with E-state index >= 15 is 0 Å². The maximum atomic E-state index is 13.8. The second kappa shape index (κ2) is 18.0. The molecule has 0 heterocycles. The van der Waals surface area contributed by atoms with Crippen LogP contribution in [0.15, 0.2) is 54.1 Å². The number of fused-ring (bicyclic) bond motifs is 5. The maximum absolute atomic E-state index is 13.8. The van der Waals surface area contributed by atoms with Gasteiger partial charge in [0.15, 0.2) is 0 Å². The number of nitrogens with one attached hydrogen (secondary N) is 2. The minimum atomic E-state index is -0.912. The highest BCUT2D eigenvalue weighted by atomic mass is 16.5. The summed E-state index contributed by atoms with van der Waals surface area (Å²) in [7, 11) is 1.25. The molecule has 8 nitrogen and oxygen atoms in total. The first kappa shape index (κ1) is 44.6. The summed E-state index contributed by atoms with van der Waals surface area (Å²) in [5.74, 6) is 2.99. The molecule has 0 saturated heterocycles. The first-order valence-corrected chi connectivity index (χ1v) is 22.6. The van der Waals surface area contributed by atoms with Crippen molar-refractivity contribution >= 4 is 23.8 Å². The fourth-order valence-corrected chi connectivity index (χ4v) is 12.1. The lowest BCUT2D eigenvalue weighted by Gasteiger charge is -2.58. The third-order valence-corrected chi connectivity index (χ3v) is 15.4. The van der Waals surface area contributed by atoms with Crippen LogP contribution in [0, 0.1) is 58.7 Å². The Kier molecular flexibility index (Phi) is 13.6. The van der Waals surface area contributed by atoms with Gasteiger partial charge in [-0.05, 0) is 133 Å². The summed E-state index contributed by atoms with van der Waals surface area (Å²) < 4.78 is 10.9. The molecule has 0 bridgehead atoms. The fraction of sp³-hybridized carbons (Fsp3) is 0.647. The summed E-state index contributed by atoms with van der Waals surface area (Å²) in [5, 5.41) is 5.48. The van der Waals surface area contributed by atoms with E-state index in [0.717, 1.165) is 65.9 Å². The number of amides is 2. The molecule has 0 unspecified atom stereocenters. The largest absolute Gasteiger partial charge is 0.468 e. The highest BCUT2D eigenvalue weighted by Crippen LogP contribution is 2.67. The van der Waals surface area contributed by atoms with Crippen LogP contribution < -0.4 is 10.6 Å². The van der Waals surface area contributed by atoms with Crippen molar-refractivity contribution < 1.29 is 28.7 Å². The molecule has 9 atom stereocenters. The highest BCUT2D eigenvalue weighted by Gasteiger charge is 2.59. The molecule has 0 aromatic heterocycles. The molecule has 8 heteroatoms. The number of carbonyl (C=O) groups is 4. The van der Waals surface area contributed by atoms with Crippen molar-refractivity contribution in [2.45, 2.75) is 145 Å². The van der Waals surface area contributed by atoms with Crippen LogP contribution >= 0.6 is 0 Å². The predicted octanol–water partition coefficient (Wildman–Crippen LogP) is 10.7. The topological polar surface area (TPSA) is 111 Å². The molecule has 4 aliphatic carbocycles. The summed E-state index contributed by atoms with van der Waals surface area (Å²) in [4.78, 5) is 52.2. The fourth-order valence-electron chi connectivity index (χ4n) is 12.1. The van der Waals surface area contributed by atoms with Gasteiger partial charge in [0.05, 0.1) is 12.7 Å². The Balaban J connectivity index is 1.09. The van der Waals surface area contributed by atoms with Gasteiger partial charge in [0.1, 0.15) is 18.7 Å². The minimum absolute atomic E-state index is 0.137. The van der Waals surface area contributed by atoms with Crippen molar-refractivity contribution in [1.82, 2.24) is 10.6 Å². The van der Waals surface area contributed by atoms with Crippen LogP contribution in [0.4, 0.5) is 0 Å². The van der Waals surface area contributed by atoms with Crippen LogP contribution in [0.2, 0.25) is 0 Å². The number of ether oxygens (including phenoxy) is 2. The Morgan fingerprint density at radius 2 is 1.63 bits per heavy atom. The normalized spacial score (nSPS) is 28.6. The van der Waals surface area contributed by atoms with Crippen LogP contribution in [0.25, 0.3) is 11.1 Å². The van der Waals surface area contributed by atoms with E-state index in [-0.39, 0.29) is 24.0 Å². The number of allylic oxidation sites excluding steroid dienone is 1. The van der Waals surface area contributed by atoms with Gasteiger partial charge in [-0.3, -0.25) is 14.4 Å². The molecule has 6 rings (SSSR count). The van der Waals surface area contributed by atoms with Gasteiger partial charge < -0.3 is 20.1 Å². The van der Waals surface area contributed by atoms with Crippen molar-refractivity contribution in [2.75, 3.05) is 13.7 Å². The standard InChI is InChI=1S/C51H72N2O6/c1-31(2)12-11-13-33(4)41-22-23-42-39-21-19-36-29-37(24-26-50(36,8)43(39)25-27-51(41,42)9)59-48(57)35-17-15-34(16-18-35)38-20-14-32(3)28-40(38)46(55)53-45(49(5,6)7)47(56)52-30-44(54)58-10/h14-20,28,31,33,37,39,41-43,45H,11-13,21-27,29-30H2,1-10H3,(H,52,56)(H,53,55)/t33-,37+,39+,41-,42+,43+,45-,50+,51-/m1/s1. The number of hydrogen-bond donors (Lipinski definition) is 2. The lowest BCUT2D eigenvalue weighted by molar-refractivity contribution is -0.141. The van der Waals surface area contributed by atoms with E-state index in [9.17, 15) is 19.2 Å². The van der Waals surface area contributed by atoms with Gasteiger partial charge in [0, 0.05) is 12.0 Å². The van der Waals surface area contributed by atoms with E-state index in [0.29, 0.717) is 22.1 Å². The SMILES string of the molecule is COC(=O)CNC(=O)[C@@H](NC(=O)c1cc(C)ccc1-c1ccc(C(=O)O[C@H]2CC[C@@]3(C)C(=CC[C@H]4[C@@H]5CC[C@H]([C@H](C)CCCC(C)C)[C@@]5(C)CC[C@@H]43)C2)cc1)C(C)(C)C. The molecule has 2 aromatic carbocycles. The lowest BCUT2D eigenvalue weighted by Crippen LogP contribution is -2.54. The van der Waals surface area contributed by atoms with E-state index in [2.05, 4.69) is 56.1 Å². The molecule has 0 spiro atoms. The number of rotatable bonds is 13. The van der Waals surface area contributed by atoms with Crippen LogP contribution in [0.3, 0.4) is 0 Å². The third-order valence-electron chi connectivity index (χ3n) is 15.4. The molecule has 322 valence electrons. The Morgan fingerprint density at radius 1 is 0.898 bits per heavy atom. The Labute approximate surface area is 354 Å². The summed E-state index contributed by atoms with van der Waals surface area (Å²) in [6.07, 6.45) is 15.9. The summed E-state index contributed by atoms with van der Waals surface area (Å²) in [6.45, 7) is 19.6. The zero-order valence-corrected chi connectivity index (χ0v) is 37.7. The average Bonchev–Trinajstić information content (AvgIpc) is 3.55. The van der Waals surface area contributed by atoms with Gasteiger partial charge in [0.2, 0.25) is 5.91 Å². The molecule has 59 heavy (non-hydrogen) atoms. The first-order chi connectivity index (χ1) is 27.8. The zero-order chi connectivity index (χ0) is 42.9. The van der Waals surface area contributed by atoms with Crippen molar-refractivity contribution in [1.29, 1.82) is 0 Å². The van der Waals surface area contributed by atoms with Gasteiger partial charge in [0.25, 0.3) is 5.91 Å². The van der Waals surface area contributed by atoms with Gasteiger partial charge >= 0.3 is 11.9 Å². The van der Waals surface area contributed by atoms with E-state index < -0.39 is 29.2 Å². The molecular formula is C51H72N2O6. The number of hydrogen-bond acceptors (Lipinski definition) is 6. The number of esters is 2. The van der Waals surface area contributed by atoms with Crippen LogP contribution in [-0.2, 0) is 19.1 Å². The molecule has 3 saturated carbocycles. The molecule has 2 amide bonds. The zero-order valence-electron chi connectivity index (χ0n) is 37.7. The molecule has 2 N–H and O–H groups in total. The lowest BCUT2D eigenvalue weighted by atomic mass is 9.47. The number of methoxy groups -OCH3 is 1. The van der Waals surface area contributed by atoms with Crippen LogP contribution in [0.5, 0.6) is 0 Å². The van der Waals surface area contributed by atoms with Crippen molar-refractivity contribution in [2.24, 2.45) is 51.8 Å². The van der Waals surface area contributed by atoms with Crippen molar-refractivity contribution in [3.05, 3.63) is 70.8 Å². The molecular weight excluding hydrogens is 737 g/mol. The monoisotopic (exact) mass is 809 g/mol. The Hall–Kier alpha value is -3.94. The van der Waals surface area contributed by atoms with Crippen LogP contribution in [-0.4, -0.2) is 49.6 Å². The number of benzene rings is 2. The average molecular weight is 809 g/mol. The van der Waals surface area contributed by atoms with Gasteiger partial charge in [-0.15, -0.1) is 0 Å². The van der Waals surface area contributed by atoms with Gasteiger partial charge in [-0.2, -0.15) is 0 Å². The quantitative estimate of drug-likeness (QED) is 0.154. The first-order valence-electron chi connectivity index (χ1n) is 22.6. The van der Waals surface area contributed by atoms with E-state index in [1.807, 2.05) is 52.0 Å². The smallest absolute Gasteiger partial charge is 0.338 e.